The number of carbonyl (C=O) groups excluding carboxylic acids is 3. The fourth-order valence-electron chi connectivity index (χ4n) is 0.648. The number of carbonyl (C=O) groups is 3. The molecule has 0 radical (unpaired) electrons. The molecule has 0 aliphatic carbocycles. The van der Waals surface area contributed by atoms with Crippen molar-refractivity contribution in [3.63, 3.8) is 0 Å². The van der Waals surface area contributed by atoms with Crippen molar-refractivity contribution in [1.82, 2.24) is 0 Å². The molecule has 0 fully saturated rings. The first-order valence-corrected chi connectivity index (χ1v) is 5.66. The first-order chi connectivity index (χ1) is 8.83. The molecule has 0 aliphatic heterocycles. The van der Waals surface area contributed by atoms with Crippen LogP contribution in [-0.4, -0.2) is 19.4 Å². The van der Waals surface area contributed by atoms with E-state index in [1.54, 1.807) is 12.2 Å². The van der Waals surface area contributed by atoms with Crippen LogP contribution in [0, 0.1) is 0 Å². The number of hydrogen-bond donors (Lipinski definition) is 0. The molecule has 0 saturated carbocycles. The maximum atomic E-state index is 9.65. The zero-order valence-electron chi connectivity index (χ0n) is 11.5. The Morgan fingerprint density at radius 3 is 1.21 bits per heavy atom. The minimum absolute atomic E-state index is 0. The van der Waals surface area contributed by atoms with Crippen LogP contribution < -0.4 is 0 Å². The summed E-state index contributed by atoms with van der Waals surface area (Å²) in [6.07, 6.45) is 17.6. The minimum atomic E-state index is 0. The van der Waals surface area contributed by atoms with Crippen molar-refractivity contribution in [3.05, 3.63) is 48.6 Å². The summed E-state index contributed by atoms with van der Waals surface area (Å²) in [7, 11) is 0. The van der Waals surface area contributed by atoms with Gasteiger partial charge in [0.2, 0.25) is 0 Å². The summed E-state index contributed by atoms with van der Waals surface area (Å²) < 4.78 is 0. The average molecular weight is 351 g/mol. The van der Waals surface area contributed by atoms with Crippen molar-refractivity contribution in [2.75, 3.05) is 0 Å². The van der Waals surface area contributed by atoms with E-state index < -0.39 is 0 Å². The average Bonchev–Trinajstić information content (AvgIpc) is 2.43. The zero-order chi connectivity index (χ0) is 14.5. The van der Waals surface area contributed by atoms with E-state index in [1.165, 1.54) is 12.2 Å². The van der Waals surface area contributed by atoms with Gasteiger partial charge in [0.15, 0.2) is 0 Å². The van der Waals surface area contributed by atoms with Gasteiger partial charge in [-0.2, -0.15) is 0 Å². The Hall–Kier alpha value is -1.41. The van der Waals surface area contributed by atoms with Crippen molar-refractivity contribution in [2.24, 2.45) is 0 Å². The molecule has 0 heterocycles. The van der Waals surface area contributed by atoms with Gasteiger partial charge in [0, 0.05) is 19.5 Å². The Bertz CT molecular complexity index is 251. The fraction of sp³-hybridized carbons (Fsp3) is 0.267. The number of allylic oxidation sites excluding steroid dienone is 8. The first kappa shape index (κ1) is 26.2. The van der Waals surface area contributed by atoms with Crippen molar-refractivity contribution < 1.29 is 33.9 Å². The standard InChI is InChI=1S/2C7H10O.CH2O.Ru/c2*1-2-3-4-5-6-7-8;1-2;/h2*3-7H,2H2,1H3;1H2;. The predicted molar refractivity (Wildman–Crippen MR) is 76.4 cm³/mol. The topological polar surface area (TPSA) is 51.2 Å². The Kier molecular flexibility index (Phi) is 49.6. The van der Waals surface area contributed by atoms with Gasteiger partial charge in [-0.1, -0.05) is 50.3 Å². The molecule has 0 amide bonds. The molecular weight excluding hydrogens is 329 g/mol. The van der Waals surface area contributed by atoms with Gasteiger partial charge in [0.25, 0.3) is 0 Å². The quantitative estimate of drug-likeness (QED) is 0.319. The van der Waals surface area contributed by atoms with E-state index in [4.69, 9.17) is 4.79 Å². The summed E-state index contributed by atoms with van der Waals surface area (Å²) in [5.41, 5.74) is 0. The van der Waals surface area contributed by atoms with Crippen LogP contribution in [0.3, 0.4) is 0 Å². The number of aldehydes is 2. The van der Waals surface area contributed by atoms with E-state index >= 15 is 0 Å². The van der Waals surface area contributed by atoms with E-state index in [1.807, 2.05) is 44.9 Å². The monoisotopic (exact) mass is 352 g/mol. The molecule has 0 rings (SSSR count). The molecule has 3 nitrogen and oxygen atoms in total. The molecule has 0 bridgehead atoms. The molecular formula is C15H22O3Ru. The van der Waals surface area contributed by atoms with Gasteiger partial charge in [0.1, 0.15) is 19.4 Å². The maximum absolute atomic E-state index is 9.65. The van der Waals surface area contributed by atoms with Gasteiger partial charge in [-0.15, -0.1) is 0 Å². The van der Waals surface area contributed by atoms with Gasteiger partial charge < -0.3 is 4.79 Å². The number of hydrogen-bond acceptors (Lipinski definition) is 3. The van der Waals surface area contributed by atoms with Gasteiger partial charge in [-0.25, -0.2) is 0 Å². The van der Waals surface area contributed by atoms with Gasteiger partial charge in [-0.3, -0.25) is 9.59 Å². The fourth-order valence-corrected chi connectivity index (χ4v) is 0.648. The largest absolute Gasteiger partial charge is 0.307 e. The number of rotatable bonds is 6. The smallest absolute Gasteiger partial charge is 0.142 e. The summed E-state index contributed by atoms with van der Waals surface area (Å²) in [6.45, 7) is 6.09. The first-order valence-electron chi connectivity index (χ1n) is 5.66. The molecule has 4 heteroatoms. The molecule has 0 unspecified atom stereocenters. The van der Waals surface area contributed by atoms with E-state index in [0.29, 0.717) is 0 Å². The van der Waals surface area contributed by atoms with Crippen molar-refractivity contribution in [2.45, 2.75) is 26.7 Å². The van der Waals surface area contributed by atoms with Crippen LogP contribution in [-0.2, 0) is 33.9 Å². The zero-order valence-corrected chi connectivity index (χ0v) is 13.2. The van der Waals surface area contributed by atoms with Gasteiger partial charge in [-0.05, 0) is 25.0 Å². The molecule has 0 aliphatic rings. The Balaban J connectivity index is -0.0000000999. The Morgan fingerprint density at radius 1 is 0.684 bits per heavy atom. The summed E-state index contributed by atoms with van der Waals surface area (Å²) in [5, 5.41) is 0. The third-order valence-electron chi connectivity index (χ3n) is 1.35. The molecule has 0 aromatic heterocycles. The Labute approximate surface area is 128 Å². The second-order valence-electron chi connectivity index (χ2n) is 2.71. The molecule has 0 aromatic rings. The van der Waals surface area contributed by atoms with Crippen LogP contribution in [0.2, 0.25) is 0 Å². The van der Waals surface area contributed by atoms with Gasteiger partial charge in [0.05, 0.1) is 0 Å². The van der Waals surface area contributed by atoms with Crippen molar-refractivity contribution >= 4 is 19.4 Å². The van der Waals surface area contributed by atoms with Crippen molar-refractivity contribution in [3.8, 4) is 0 Å². The summed E-state index contributed by atoms with van der Waals surface area (Å²) in [5.74, 6) is 0. The van der Waals surface area contributed by atoms with Gasteiger partial charge >= 0.3 is 0 Å². The maximum Gasteiger partial charge on any atom is 0.142 e. The second kappa shape index (κ2) is 36.0. The van der Waals surface area contributed by atoms with Crippen LogP contribution in [0.25, 0.3) is 0 Å². The van der Waals surface area contributed by atoms with E-state index in [0.717, 1.165) is 25.4 Å². The molecule has 0 atom stereocenters. The molecule has 0 spiro atoms. The minimum Gasteiger partial charge on any atom is -0.307 e. The predicted octanol–water partition coefficient (Wildman–Crippen LogP) is 3.23. The summed E-state index contributed by atoms with van der Waals surface area (Å²) in [6, 6.07) is 0. The third-order valence-corrected chi connectivity index (χ3v) is 1.35. The van der Waals surface area contributed by atoms with E-state index in [-0.39, 0.29) is 19.5 Å². The van der Waals surface area contributed by atoms with Crippen LogP contribution in [0.15, 0.2) is 48.6 Å². The van der Waals surface area contributed by atoms with E-state index in [9.17, 15) is 9.59 Å². The normalized spacial score (nSPS) is 9.58. The summed E-state index contributed by atoms with van der Waals surface area (Å²) >= 11 is 0. The molecule has 19 heavy (non-hydrogen) atoms. The molecule has 0 aromatic carbocycles. The second-order valence-corrected chi connectivity index (χ2v) is 2.71. The Morgan fingerprint density at radius 2 is 1.00 bits per heavy atom. The SMILES string of the molecule is C=O.CCC=CC=CC=O.CCC=CC=CC=O.[Ru]. The third kappa shape index (κ3) is 47.9. The van der Waals surface area contributed by atoms with Crippen LogP contribution in [0.4, 0.5) is 0 Å². The van der Waals surface area contributed by atoms with E-state index in [2.05, 4.69) is 0 Å². The van der Waals surface area contributed by atoms with Crippen LogP contribution in [0.1, 0.15) is 26.7 Å². The van der Waals surface area contributed by atoms with Crippen LogP contribution >= 0.6 is 0 Å². The van der Waals surface area contributed by atoms with Crippen LogP contribution in [0.5, 0.6) is 0 Å². The molecule has 0 saturated heterocycles. The van der Waals surface area contributed by atoms with Crippen molar-refractivity contribution in [1.29, 1.82) is 0 Å². The molecule has 0 N–H and O–H groups in total. The summed E-state index contributed by atoms with van der Waals surface area (Å²) in [4.78, 5) is 27.3. The molecule has 108 valence electrons.